The van der Waals surface area contributed by atoms with Crippen molar-refractivity contribution >= 4 is 5.91 Å². The standard InChI is InChI=1S/C12H24N2O2/c1-10(9-13)12(15)14(2)6-3-11-4-7-16-8-5-11/h10-11H,3-9,13H2,1-2H3. The zero-order chi connectivity index (χ0) is 12.0. The molecule has 1 heterocycles. The lowest BCUT2D eigenvalue weighted by Gasteiger charge is -2.26. The molecule has 0 radical (unpaired) electrons. The van der Waals surface area contributed by atoms with Crippen molar-refractivity contribution in [3.8, 4) is 0 Å². The maximum atomic E-state index is 11.8. The second-order valence-electron chi connectivity index (χ2n) is 4.74. The molecule has 1 rings (SSSR count). The van der Waals surface area contributed by atoms with E-state index in [2.05, 4.69) is 0 Å². The Kier molecular flexibility index (Phi) is 5.77. The summed E-state index contributed by atoms with van der Waals surface area (Å²) in [4.78, 5) is 13.6. The van der Waals surface area contributed by atoms with Gasteiger partial charge in [0.05, 0.1) is 0 Å². The predicted molar refractivity (Wildman–Crippen MR) is 64.0 cm³/mol. The van der Waals surface area contributed by atoms with Gasteiger partial charge < -0.3 is 15.4 Å². The van der Waals surface area contributed by atoms with Crippen molar-refractivity contribution in [2.24, 2.45) is 17.6 Å². The zero-order valence-electron chi connectivity index (χ0n) is 10.4. The van der Waals surface area contributed by atoms with Gasteiger partial charge in [-0.2, -0.15) is 0 Å². The maximum Gasteiger partial charge on any atom is 0.226 e. The minimum absolute atomic E-state index is 0.0558. The summed E-state index contributed by atoms with van der Waals surface area (Å²) >= 11 is 0. The van der Waals surface area contributed by atoms with Crippen molar-refractivity contribution in [1.29, 1.82) is 0 Å². The van der Waals surface area contributed by atoms with Crippen LogP contribution in [0.5, 0.6) is 0 Å². The van der Waals surface area contributed by atoms with Gasteiger partial charge in [-0.05, 0) is 25.2 Å². The molecule has 0 aliphatic carbocycles. The Hall–Kier alpha value is -0.610. The first-order chi connectivity index (χ1) is 7.65. The van der Waals surface area contributed by atoms with E-state index in [-0.39, 0.29) is 11.8 Å². The van der Waals surface area contributed by atoms with E-state index < -0.39 is 0 Å². The summed E-state index contributed by atoms with van der Waals surface area (Å²) in [5.41, 5.74) is 5.49. The first-order valence-corrected chi connectivity index (χ1v) is 6.18. The molecule has 1 atom stereocenters. The minimum atomic E-state index is -0.0558. The maximum absolute atomic E-state index is 11.8. The Morgan fingerprint density at radius 1 is 1.50 bits per heavy atom. The molecule has 2 N–H and O–H groups in total. The Labute approximate surface area is 98.1 Å². The van der Waals surface area contributed by atoms with E-state index in [4.69, 9.17) is 10.5 Å². The molecule has 1 aliphatic heterocycles. The van der Waals surface area contributed by atoms with Gasteiger partial charge >= 0.3 is 0 Å². The summed E-state index contributed by atoms with van der Waals surface area (Å²) in [6, 6.07) is 0. The van der Waals surface area contributed by atoms with Crippen LogP contribution in [0.1, 0.15) is 26.2 Å². The van der Waals surface area contributed by atoms with E-state index in [0.717, 1.165) is 44.9 Å². The number of rotatable bonds is 5. The Balaban J connectivity index is 2.22. The molecular weight excluding hydrogens is 204 g/mol. The molecule has 16 heavy (non-hydrogen) atoms. The van der Waals surface area contributed by atoms with Gasteiger partial charge in [0.25, 0.3) is 0 Å². The lowest BCUT2D eigenvalue weighted by molar-refractivity contribution is -0.133. The number of carbonyl (C=O) groups excluding carboxylic acids is 1. The Morgan fingerprint density at radius 2 is 2.12 bits per heavy atom. The number of hydrogen-bond donors (Lipinski definition) is 1. The van der Waals surface area contributed by atoms with E-state index in [0.29, 0.717) is 6.54 Å². The monoisotopic (exact) mass is 228 g/mol. The average molecular weight is 228 g/mol. The molecular formula is C12H24N2O2. The number of nitrogens with zero attached hydrogens (tertiary/aromatic N) is 1. The van der Waals surface area contributed by atoms with Crippen molar-refractivity contribution in [3.05, 3.63) is 0 Å². The molecule has 0 aromatic heterocycles. The molecule has 0 aromatic carbocycles. The van der Waals surface area contributed by atoms with Crippen LogP contribution >= 0.6 is 0 Å². The van der Waals surface area contributed by atoms with E-state index >= 15 is 0 Å². The van der Waals surface area contributed by atoms with Gasteiger partial charge in [0.15, 0.2) is 0 Å². The average Bonchev–Trinajstić information content (AvgIpc) is 2.35. The van der Waals surface area contributed by atoms with Crippen molar-refractivity contribution in [1.82, 2.24) is 4.90 Å². The van der Waals surface area contributed by atoms with Gasteiger partial charge in [-0.1, -0.05) is 6.92 Å². The first kappa shape index (κ1) is 13.5. The predicted octanol–water partition coefficient (Wildman–Crippen LogP) is 0.856. The lowest BCUT2D eigenvalue weighted by Crippen LogP contribution is -2.36. The van der Waals surface area contributed by atoms with E-state index in [9.17, 15) is 4.79 Å². The van der Waals surface area contributed by atoms with E-state index in [1.165, 1.54) is 0 Å². The third-order valence-electron chi connectivity index (χ3n) is 3.36. The summed E-state index contributed by atoms with van der Waals surface area (Å²) in [5, 5.41) is 0. The van der Waals surface area contributed by atoms with Crippen LogP contribution in [0.3, 0.4) is 0 Å². The first-order valence-electron chi connectivity index (χ1n) is 6.18. The highest BCUT2D eigenvalue weighted by Crippen LogP contribution is 2.18. The fourth-order valence-electron chi connectivity index (χ4n) is 2.00. The largest absolute Gasteiger partial charge is 0.381 e. The molecule has 0 aromatic rings. The smallest absolute Gasteiger partial charge is 0.226 e. The number of ether oxygens (including phenoxy) is 1. The van der Waals surface area contributed by atoms with Crippen LogP contribution in [0, 0.1) is 11.8 Å². The Bertz CT molecular complexity index is 215. The topological polar surface area (TPSA) is 55.6 Å². The highest BCUT2D eigenvalue weighted by atomic mass is 16.5. The number of hydrogen-bond acceptors (Lipinski definition) is 3. The molecule has 1 amide bonds. The quantitative estimate of drug-likeness (QED) is 0.759. The SMILES string of the molecule is CC(CN)C(=O)N(C)CCC1CCOCC1. The van der Waals surface area contributed by atoms with Gasteiger partial charge in [-0.3, -0.25) is 4.79 Å². The van der Waals surface area contributed by atoms with Crippen LogP contribution in [-0.4, -0.2) is 44.2 Å². The molecule has 94 valence electrons. The van der Waals surface area contributed by atoms with Crippen molar-refractivity contribution < 1.29 is 9.53 Å². The fourth-order valence-corrected chi connectivity index (χ4v) is 2.00. The van der Waals surface area contributed by atoms with Crippen LogP contribution in [0.15, 0.2) is 0 Å². The second-order valence-corrected chi connectivity index (χ2v) is 4.74. The molecule has 1 aliphatic rings. The zero-order valence-corrected chi connectivity index (χ0v) is 10.4. The molecule has 1 saturated heterocycles. The number of amides is 1. The highest BCUT2D eigenvalue weighted by Gasteiger charge is 2.18. The van der Waals surface area contributed by atoms with Crippen molar-refractivity contribution in [2.75, 3.05) is 33.4 Å². The van der Waals surface area contributed by atoms with Crippen LogP contribution in [0.25, 0.3) is 0 Å². The van der Waals surface area contributed by atoms with E-state index in [1.807, 2.05) is 18.9 Å². The van der Waals surface area contributed by atoms with E-state index in [1.54, 1.807) is 0 Å². The van der Waals surface area contributed by atoms with Gasteiger partial charge in [0.2, 0.25) is 5.91 Å². The summed E-state index contributed by atoms with van der Waals surface area (Å²) in [6.45, 7) is 4.91. The molecule has 0 bridgehead atoms. The molecule has 0 spiro atoms. The van der Waals surface area contributed by atoms with Gasteiger partial charge in [-0.25, -0.2) is 0 Å². The minimum Gasteiger partial charge on any atom is -0.381 e. The summed E-state index contributed by atoms with van der Waals surface area (Å²) in [7, 11) is 1.87. The number of carbonyl (C=O) groups is 1. The lowest BCUT2D eigenvalue weighted by atomic mass is 9.96. The van der Waals surface area contributed by atoms with Crippen molar-refractivity contribution in [2.45, 2.75) is 26.2 Å². The summed E-state index contributed by atoms with van der Waals surface area (Å²) in [6.07, 6.45) is 3.35. The third-order valence-corrected chi connectivity index (χ3v) is 3.36. The van der Waals surface area contributed by atoms with Crippen LogP contribution in [0.4, 0.5) is 0 Å². The van der Waals surface area contributed by atoms with Gasteiger partial charge in [-0.15, -0.1) is 0 Å². The summed E-state index contributed by atoms with van der Waals surface area (Å²) < 4.78 is 5.31. The molecule has 0 saturated carbocycles. The van der Waals surface area contributed by atoms with Crippen LogP contribution in [-0.2, 0) is 9.53 Å². The van der Waals surface area contributed by atoms with Crippen LogP contribution in [0.2, 0.25) is 0 Å². The van der Waals surface area contributed by atoms with Gasteiger partial charge in [0, 0.05) is 39.3 Å². The van der Waals surface area contributed by atoms with Gasteiger partial charge in [0.1, 0.15) is 0 Å². The second kappa shape index (κ2) is 6.86. The molecule has 1 fully saturated rings. The fraction of sp³-hybridized carbons (Fsp3) is 0.917. The number of nitrogens with two attached hydrogens (primary N) is 1. The van der Waals surface area contributed by atoms with Crippen LogP contribution < -0.4 is 5.73 Å². The normalized spacial score (nSPS) is 19.4. The third kappa shape index (κ3) is 4.10. The summed E-state index contributed by atoms with van der Waals surface area (Å²) in [5.74, 6) is 0.825. The molecule has 4 heteroatoms. The highest BCUT2D eigenvalue weighted by molar-refractivity contribution is 5.78. The molecule has 4 nitrogen and oxygen atoms in total. The molecule has 1 unspecified atom stereocenters. The van der Waals surface area contributed by atoms with Crippen molar-refractivity contribution in [3.63, 3.8) is 0 Å². The Morgan fingerprint density at radius 3 is 2.69 bits per heavy atom.